The number of rotatable bonds is 6. The van der Waals surface area contributed by atoms with Crippen LogP contribution in [0.4, 0.5) is 0 Å². The summed E-state index contributed by atoms with van der Waals surface area (Å²) < 4.78 is 5.25. The molecule has 25 heavy (non-hydrogen) atoms. The van der Waals surface area contributed by atoms with Crippen molar-refractivity contribution in [3.63, 3.8) is 0 Å². The molecule has 0 amide bonds. The maximum absolute atomic E-state index is 12.2. The number of hydrogen-bond donors (Lipinski definition) is 1. The molecule has 0 aliphatic carbocycles. The normalized spacial score (nSPS) is 14.3. The first-order chi connectivity index (χ1) is 12.1. The van der Waals surface area contributed by atoms with Gasteiger partial charge < -0.3 is 9.84 Å². The van der Waals surface area contributed by atoms with Crippen molar-refractivity contribution in [1.29, 1.82) is 0 Å². The first-order valence-corrected chi connectivity index (χ1v) is 9.76. The Hall–Kier alpha value is -1.56. The molecule has 0 saturated heterocycles. The molecular weight excluding hydrogens is 358 g/mol. The summed E-state index contributed by atoms with van der Waals surface area (Å²) in [5.74, 6) is -0.326. The lowest BCUT2D eigenvalue weighted by Crippen LogP contribution is -2.29. The molecular formula is C19H22ClNO3S. The van der Waals surface area contributed by atoms with Gasteiger partial charge in [0, 0.05) is 35.1 Å². The molecule has 134 valence electrons. The van der Waals surface area contributed by atoms with E-state index in [1.807, 2.05) is 31.2 Å². The summed E-state index contributed by atoms with van der Waals surface area (Å²) in [6, 6.07) is 7.80. The van der Waals surface area contributed by atoms with Gasteiger partial charge in [-0.05, 0) is 24.5 Å². The van der Waals surface area contributed by atoms with Crippen LogP contribution in [0.2, 0.25) is 5.02 Å². The number of carbonyl (C=O) groups is 1. The molecule has 1 aromatic carbocycles. The molecule has 0 unspecified atom stereocenters. The van der Waals surface area contributed by atoms with Gasteiger partial charge in [0.05, 0.1) is 6.61 Å². The van der Waals surface area contributed by atoms with Gasteiger partial charge in [-0.3, -0.25) is 4.90 Å². The number of halogens is 1. The summed E-state index contributed by atoms with van der Waals surface area (Å²) in [5, 5.41) is 11.2. The largest absolute Gasteiger partial charge is 0.506 e. The smallest absolute Gasteiger partial charge is 0.352 e. The van der Waals surface area contributed by atoms with Crippen LogP contribution < -0.4 is 0 Å². The molecule has 1 aromatic heterocycles. The van der Waals surface area contributed by atoms with Gasteiger partial charge in [-0.1, -0.05) is 43.1 Å². The van der Waals surface area contributed by atoms with Crippen LogP contribution in [-0.4, -0.2) is 29.1 Å². The van der Waals surface area contributed by atoms with Crippen LogP contribution in [0.5, 0.6) is 5.75 Å². The van der Waals surface area contributed by atoms with Gasteiger partial charge in [0.2, 0.25) is 0 Å². The van der Waals surface area contributed by atoms with E-state index in [1.54, 1.807) is 0 Å². The number of fused-ring (bicyclic) bond motifs is 1. The average Bonchev–Trinajstić information content (AvgIpc) is 2.94. The number of nitrogens with zero attached hydrogens (tertiary/aromatic N) is 1. The fourth-order valence-corrected chi connectivity index (χ4v) is 4.23. The van der Waals surface area contributed by atoms with E-state index in [0.717, 1.165) is 53.4 Å². The van der Waals surface area contributed by atoms with Crippen LogP contribution in [0.1, 0.15) is 45.4 Å². The van der Waals surface area contributed by atoms with Crippen LogP contribution in [0.25, 0.3) is 0 Å². The molecule has 2 heterocycles. The van der Waals surface area contributed by atoms with Gasteiger partial charge in [-0.25, -0.2) is 4.79 Å². The Kier molecular flexibility index (Phi) is 5.99. The molecule has 4 nitrogen and oxygen atoms in total. The number of esters is 1. The first-order valence-electron chi connectivity index (χ1n) is 8.56. The molecule has 0 bridgehead atoms. The Labute approximate surface area is 157 Å². The molecule has 0 radical (unpaired) electrons. The van der Waals surface area contributed by atoms with E-state index in [0.29, 0.717) is 18.0 Å². The van der Waals surface area contributed by atoms with Crippen LogP contribution in [0.3, 0.4) is 0 Å². The Balaban J connectivity index is 1.71. The number of hydrogen-bond acceptors (Lipinski definition) is 5. The minimum atomic E-state index is -0.414. The molecule has 1 aliphatic rings. The third kappa shape index (κ3) is 4.17. The lowest BCUT2D eigenvalue weighted by atomic mass is 10.1. The number of benzene rings is 1. The summed E-state index contributed by atoms with van der Waals surface area (Å²) in [4.78, 5) is 15.8. The highest BCUT2D eigenvalue weighted by atomic mass is 35.5. The number of unbranched alkanes of at least 4 members (excludes halogenated alkanes) is 1. The van der Waals surface area contributed by atoms with E-state index in [-0.39, 0.29) is 5.75 Å². The number of carbonyl (C=O) groups excluding carboxylic acids is 1. The number of ether oxygens (including phenoxy) is 1. The van der Waals surface area contributed by atoms with Gasteiger partial charge in [0.1, 0.15) is 5.75 Å². The molecule has 0 spiro atoms. The van der Waals surface area contributed by atoms with E-state index in [4.69, 9.17) is 16.3 Å². The SMILES string of the molecule is CCCCOC(=O)c1sc2c(c1O)CN(Cc1ccccc1Cl)CC2. The van der Waals surface area contributed by atoms with Gasteiger partial charge in [0.15, 0.2) is 4.88 Å². The third-order valence-electron chi connectivity index (χ3n) is 4.37. The topological polar surface area (TPSA) is 49.8 Å². The fraction of sp³-hybridized carbons (Fsp3) is 0.421. The molecule has 0 atom stereocenters. The quantitative estimate of drug-likeness (QED) is 0.587. The zero-order chi connectivity index (χ0) is 17.8. The molecule has 0 fully saturated rings. The number of aromatic hydroxyl groups is 1. The van der Waals surface area contributed by atoms with Crippen LogP contribution in [0.15, 0.2) is 24.3 Å². The van der Waals surface area contributed by atoms with E-state index < -0.39 is 5.97 Å². The van der Waals surface area contributed by atoms with Crippen molar-refractivity contribution in [2.45, 2.75) is 39.3 Å². The minimum Gasteiger partial charge on any atom is -0.506 e. The molecule has 2 aromatic rings. The first kappa shape index (κ1) is 18.2. The van der Waals surface area contributed by atoms with E-state index in [1.165, 1.54) is 11.3 Å². The van der Waals surface area contributed by atoms with Crippen molar-refractivity contribution in [1.82, 2.24) is 4.90 Å². The maximum Gasteiger partial charge on any atom is 0.352 e. The van der Waals surface area contributed by atoms with Gasteiger partial charge in [0.25, 0.3) is 0 Å². The second-order valence-corrected chi connectivity index (χ2v) is 7.74. The van der Waals surface area contributed by atoms with Crippen molar-refractivity contribution >= 4 is 28.9 Å². The molecule has 3 rings (SSSR count). The zero-order valence-corrected chi connectivity index (χ0v) is 15.8. The standard InChI is InChI=1S/C19H22ClNO3S/c1-2-3-10-24-19(23)18-17(22)14-12-21(9-8-16(14)25-18)11-13-6-4-5-7-15(13)20/h4-7,22H,2-3,8-12H2,1H3. The maximum atomic E-state index is 12.2. The number of thiophene rings is 1. The second kappa shape index (κ2) is 8.21. The molecule has 6 heteroatoms. The van der Waals surface area contributed by atoms with Crippen LogP contribution in [0, 0.1) is 0 Å². The van der Waals surface area contributed by atoms with Crippen molar-refractivity contribution in [2.24, 2.45) is 0 Å². The Morgan fingerprint density at radius 2 is 2.20 bits per heavy atom. The minimum absolute atomic E-state index is 0.0883. The van der Waals surface area contributed by atoms with Gasteiger partial charge in [-0.2, -0.15) is 0 Å². The Morgan fingerprint density at radius 3 is 2.96 bits per heavy atom. The van der Waals surface area contributed by atoms with E-state index in [9.17, 15) is 9.90 Å². The highest BCUT2D eigenvalue weighted by Gasteiger charge is 2.28. The monoisotopic (exact) mass is 379 g/mol. The van der Waals surface area contributed by atoms with E-state index in [2.05, 4.69) is 4.90 Å². The Morgan fingerprint density at radius 1 is 1.40 bits per heavy atom. The van der Waals surface area contributed by atoms with E-state index >= 15 is 0 Å². The summed E-state index contributed by atoms with van der Waals surface area (Å²) in [7, 11) is 0. The summed E-state index contributed by atoms with van der Waals surface area (Å²) in [6.45, 7) is 4.66. The predicted molar refractivity (Wildman–Crippen MR) is 100 cm³/mol. The van der Waals surface area contributed by atoms with Crippen molar-refractivity contribution in [3.8, 4) is 5.75 Å². The molecule has 1 aliphatic heterocycles. The average molecular weight is 380 g/mol. The zero-order valence-electron chi connectivity index (χ0n) is 14.3. The summed E-state index contributed by atoms with van der Waals surface area (Å²) >= 11 is 7.61. The lowest BCUT2D eigenvalue weighted by molar-refractivity contribution is 0.0502. The van der Waals surface area contributed by atoms with Gasteiger partial charge in [-0.15, -0.1) is 11.3 Å². The highest BCUT2D eigenvalue weighted by molar-refractivity contribution is 7.14. The highest BCUT2D eigenvalue weighted by Crippen LogP contribution is 2.39. The Bertz CT molecular complexity index is 759. The molecule has 1 N–H and O–H groups in total. The lowest BCUT2D eigenvalue weighted by Gasteiger charge is -2.27. The third-order valence-corrected chi connectivity index (χ3v) is 6.00. The molecule has 0 saturated carbocycles. The van der Waals surface area contributed by atoms with Crippen LogP contribution >= 0.6 is 22.9 Å². The van der Waals surface area contributed by atoms with Crippen molar-refractivity contribution in [3.05, 3.63) is 50.2 Å². The summed E-state index contributed by atoms with van der Waals surface area (Å²) in [6.07, 6.45) is 2.63. The van der Waals surface area contributed by atoms with Crippen LogP contribution in [-0.2, 0) is 24.2 Å². The second-order valence-electron chi connectivity index (χ2n) is 6.22. The fourth-order valence-electron chi connectivity index (χ4n) is 2.95. The predicted octanol–water partition coefficient (Wildman–Crippen LogP) is 4.62. The van der Waals surface area contributed by atoms with Crippen molar-refractivity contribution in [2.75, 3.05) is 13.2 Å². The van der Waals surface area contributed by atoms with Crippen molar-refractivity contribution < 1.29 is 14.6 Å². The van der Waals surface area contributed by atoms with Gasteiger partial charge >= 0.3 is 5.97 Å². The summed E-state index contributed by atoms with van der Waals surface area (Å²) in [5.41, 5.74) is 1.92.